The maximum Gasteiger partial charge on any atom is 0.300 e. The summed E-state index contributed by atoms with van der Waals surface area (Å²) in [5.74, 6) is -0.833. The lowest BCUT2D eigenvalue weighted by Gasteiger charge is -2.32. The van der Waals surface area contributed by atoms with Crippen molar-refractivity contribution in [2.24, 2.45) is 0 Å². The third-order valence-electron chi connectivity index (χ3n) is 2.54. The molecule has 0 aromatic carbocycles. The molecular formula is C11H23NO2. The molecule has 0 aromatic heterocycles. The predicted octanol–water partition coefficient (Wildman–Crippen LogP) is 2.36. The number of rotatable bonds is 2. The first-order valence-electron chi connectivity index (χ1n) is 5.47. The molecule has 3 heteroatoms. The van der Waals surface area contributed by atoms with Crippen molar-refractivity contribution < 1.29 is 9.90 Å². The molecule has 1 aliphatic heterocycles. The number of carboxylic acid groups (broad SMARTS) is 1. The molecule has 1 aliphatic rings. The van der Waals surface area contributed by atoms with Gasteiger partial charge in [0.15, 0.2) is 0 Å². The maximum atomic E-state index is 9.00. The Kier molecular flexibility index (Phi) is 7.48. The van der Waals surface area contributed by atoms with Crippen LogP contribution in [0.2, 0.25) is 0 Å². The van der Waals surface area contributed by atoms with Crippen LogP contribution >= 0.6 is 0 Å². The van der Waals surface area contributed by atoms with Gasteiger partial charge in [-0.25, -0.2) is 0 Å². The zero-order valence-corrected chi connectivity index (χ0v) is 9.62. The van der Waals surface area contributed by atoms with E-state index in [-0.39, 0.29) is 0 Å². The van der Waals surface area contributed by atoms with Gasteiger partial charge in [-0.1, -0.05) is 19.8 Å². The summed E-state index contributed by atoms with van der Waals surface area (Å²) < 4.78 is 0. The number of nitrogens with zero attached hydrogens (tertiary/aromatic N) is 1. The Morgan fingerprint density at radius 3 is 2.50 bits per heavy atom. The van der Waals surface area contributed by atoms with Gasteiger partial charge in [-0.2, -0.15) is 0 Å². The molecule has 0 aliphatic carbocycles. The van der Waals surface area contributed by atoms with Gasteiger partial charge in [-0.15, -0.1) is 0 Å². The van der Waals surface area contributed by atoms with Crippen molar-refractivity contribution in [1.29, 1.82) is 0 Å². The largest absolute Gasteiger partial charge is 0.481 e. The highest BCUT2D eigenvalue weighted by Gasteiger charge is 2.16. The van der Waals surface area contributed by atoms with Crippen molar-refractivity contribution in [3.05, 3.63) is 0 Å². The number of hydrogen-bond acceptors (Lipinski definition) is 2. The standard InChI is InChI=1S/C9H19N.C2H4O2/c1-3-6-9-7-4-5-8-10(9)2;1-2(3)4/h9H,3-8H2,1-2H3;1H3,(H,3,4). The SMILES string of the molecule is CC(=O)O.CCCC1CCCCN1C. The Labute approximate surface area is 87.1 Å². The molecule has 3 nitrogen and oxygen atoms in total. The van der Waals surface area contributed by atoms with Gasteiger partial charge >= 0.3 is 0 Å². The fourth-order valence-corrected chi connectivity index (χ4v) is 1.84. The highest BCUT2D eigenvalue weighted by atomic mass is 16.4. The van der Waals surface area contributed by atoms with Gasteiger partial charge in [0.25, 0.3) is 5.97 Å². The second kappa shape index (κ2) is 7.80. The average Bonchev–Trinajstić information content (AvgIpc) is 2.08. The molecule has 1 rings (SSSR count). The third-order valence-corrected chi connectivity index (χ3v) is 2.54. The molecule has 84 valence electrons. The summed E-state index contributed by atoms with van der Waals surface area (Å²) in [5.41, 5.74) is 0. The number of piperidine rings is 1. The molecule has 0 saturated carbocycles. The van der Waals surface area contributed by atoms with E-state index in [1.165, 1.54) is 38.6 Å². The smallest absolute Gasteiger partial charge is 0.300 e. The summed E-state index contributed by atoms with van der Waals surface area (Å²) in [6.07, 6.45) is 7.04. The van der Waals surface area contributed by atoms with Crippen LogP contribution < -0.4 is 0 Å². The minimum atomic E-state index is -0.833. The monoisotopic (exact) mass is 201 g/mol. The van der Waals surface area contributed by atoms with E-state index in [0.29, 0.717) is 0 Å². The second-order valence-electron chi connectivity index (χ2n) is 3.94. The maximum absolute atomic E-state index is 9.00. The molecule has 0 bridgehead atoms. The van der Waals surface area contributed by atoms with E-state index in [4.69, 9.17) is 9.90 Å². The minimum Gasteiger partial charge on any atom is -0.481 e. The van der Waals surface area contributed by atoms with Crippen molar-refractivity contribution in [2.45, 2.75) is 52.0 Å². The summed E-state index contributed by atoms with van der Waals surface area (Å²) in [6, 6.07) is 0.902. The molecule has 1 unspecified atom stereocenters. The summed E-state index contributed by atoms with van der Waals surface area (Å²) in [6.45, 7) is 4.69. The van der Waals surface area contributed by atoms with Crippen LogP contribution in [0.3, 0.4) is 0 Å². The van der Waals surface area contributed by atoms with E-state index in [2.05, 4.69) is 18.9 Å². The first kappa shape index (κ1) is 13.4. The van der Waals surface area contributed by atoms with Crippen LogP contribution in [0.4, 0.5) is 0 Å². The molecule has 0 aromatic rings. The lowest BCUT2D eigenvalue weighted by atomic mass is 9.99. The van der Waals surface area contributed by atoms with Crippen LogP contribution in [-0.2, 0) is 4.79 Å². The zero-order chi connectivity index (χ0) is 11.0. The normalized spacial score (nSPS) is 22.4. The molecule has 1 atom stereocenters. The van der Waals surface area contributed by atoms with Gasteiger partial charge in [-0.05, 0) is 32.9 Å². The summed E-state index contributed by atoms with van der Waals surface area (Å²) >= 11 is 0. The van der Waals surface area contributed by atoms with Gasteiger partial charge in [0.1, 0.15) is 0 Å². The molecule has 1 N–H and O–H groups in total. The predicted molar refractivity (Wildman–Crippen MR) is 58.5 cm³/mol. The van der Waals surface area contributed by atoms with Crippen LogP contribution in [0, 0.1) is 0 Å². The Hall–Kier alpha value is -0.570. The van der Waals surface area contributed by atoms with E-state index in [1.807, 2.05) is 0 Å². The molecular weight excluding hydrogens is 178 g/mol. The van der Waals surface area contributed by atoms with E-state index < -0.39 is 5.97 Å². The number of carbonyl (C=O) groups is 1. The van der Waals surface area contributed by atoms with Gasteiger partial charge in [0.2, 0.25) is 0 Å². The topological polar surface area (TPSA) is 40.5 Å². The second-order valence-corrected chi connectivity index (χ2v) is 3.94. The highest BCUT2D eigenvalue weighted by molar-refractivity contribution is 5.62. The van der Waals surface area contributed by atoms with Crippen LogP contribution in [0.5, 0.6) is 0 Å². The number of carboxylic acids is 1. The molecule has 1 saturated heterocycles. The third kappa shape index (κ3) is 6.89. The van der Waals surface area contributed by atoms with Crippen molar-refractivity contribution in [1.82, 2.24) is 4.90 Å². The fraction of sp³-hybridized carbons (Fsp3) is 0.909. The van der Waals surface area contributed by atoms with Crippen LogP contribution in [0.1, 0.15) is 46.0 Å². The Balaban J connectivity index is 0.000000364. The van der Waals surface area contributed by atoms with E-state index >= 15 is 0 Å². The fourth-order valence-electron chi connectivity index (χ4n) is 1.84. The zero-order valence-electron chi connectivity index (χ0n) is 9.62. The van der Waals surface area contributed by atoms with E-state index in [1.54, 1.807) is 0 Å². The summed E-state index contributed by atoms with van der Waals surface area (Å²) in [5, 5.41) is 7.42. The molecule has 14 heavy (non-hydrogen) atoms. The van der Waals surface area contributed by atoms with Crippen molar-refractivity contribution >= 4 is 5.97 Å². The number of hydrogen-bond donors (Lipinski definition) is 1. The summed E-state index contributed by atoms with van der Waals surface area (Å²) in [4.78, 5) is 11.5. The Bertz CT molecular complexity index is 153. The lowest BCUT2D eigenvalue weighted by Crippen LogP contribution is -2.35. The van der Waals surface area contributed by atoms with Gasteiger partial charge in [0, 0.05) is 13.0 Å². The van der Waals surface area contributed by atoms with E-state index in [9.17, 15) is 0 Å². The van der Waals surface area contributed by atoms with Crippen molar-refractivity contribution in [3.63, 3.8) is 0 Å². The number of aliphatic carboxylic acids is 1. The van der Waals surface area contributed by atoms with Gasteiger partial charge in [-0.3, -0.25) is 4.79 Å². The molecule has 0 radical (unpaired) electrons. The Morgan fingerprint density at radius 2 is 2.07 bits per heavy atom. The number of likely N-dealkylation sites (tertiary alicyclic amines) is 1. The Morgan fingerprint density at radius 1 is 1.50 bits per heavy atom. The molecule has 0 amide bonds. The average molecular weight is 201 g/mol. The minimum absolute atomic E-state index is 0.833. The highest BCUT2D eigenvalue weighted by Crippen LogP contribution is 2.18. The van der Waals surface area contributed by atoms with Crippen molar-refractivity contribution in [3.8, 4) is 0 Å². The van der Waals surface area contributed by atoms with Gasteiger partial charge in [0.05, 0.1) is 0 Å². The first-order chi connectivity index (χ1) is 6.57. The van der Waals surface area contributed by atoms with Gasteiger partial charge < -0.3 is 10.0 Å². The molecule has 1 heterocycles. The molecule has 0 spiro atoms. The van der Waals surface area contributed by atoms with Crippen LogP contribution in [-0.4, -0.2) is 35.6 Å². The molecule has 1 fully saturated rings. The van der Waals surface area contributed by atoms with Crippen LogP contribution in [0.15, 0.2) is 0 Å². The quantitative estimate of drug-likeness (QED) is 0.745. The van der Waals surface area contributed by atoms with Crippen LogP contribution in [0.25, 0.3) is 0 Å². The van der Waals surface area contributed by atoms with E-state index in [0.717, 1.165) is 13.0 Å². The lowest BCUT2D eigenvalue weighted by molar-refractivity contribution is -0.134. The summed E-state index contributed by atoms with van der Waals surface area (Å²) in [7, 11) is 2.26. The first-order valence-corrected chi connectivity index (χ1v) is 5.47. The van der Waals surface area contributed by atoms with Crippen molar-refractivity contribution in [2.75, 3.05) is 13.6 Å².